The summed E-state index contributed by atoms with van der Waals surface area (Å²) in [5.41, 5.74) is 7.13. The van der Waals surface area contributed by atoms with Crippen LogP contribution in [0.1, 0.15) is 43.6 Å². The number of carbonyl (C=O) groups excluding carboxylic acids is 1. The quantitative estimate of drug-likeness (QED) is 0.890. The minimum atomic E-state index is -0.00297. The highest BCUT2D eigenvalue weighted by atomic mass is 16.2. The van der Waals surface area contributed by atoms with Crippen molar-refractivity contribution in [3.63, 3.8) is 0 Å². The zero-order chi connectivity index (χ0) is 19.1. The molecule has 1 spiro atoms. The van der Waals surface area contributed by atoms with Crippen LogP contribution in [0.5, 0.6) is 0 Å². The van der Waals surface area contributed by atoms with E-state index in [1.54, 1.807) is 6.20 Å². The van der Waals surface area contributed by atoms with Crippen molar-refractivity contribution < 1.29 is 4.79 Å². The van der Waals surface area contributed by atoms with Crippen LogP contribution in [-0.2, 0) is 4.79 Å². The molecule has 6 nitrogen and oxygen atoms in total. The zero-order valence-corrected chi connectivity index (χ0v) is 16.1. The number of carbonyl (C=O) groups is 1. The summed E-state index contributed by atoms with van der Waals surface area (Å²) in [6, 6.07) is 12.8. The number of nitrogen functional groups attached to an aromatic ring is 1. The third-order valence-electron chi connectivity index (χ3n) is 6.72. The lowest BCUT2D eigenvalue weighted by atomic mass is 9.67. The SMILES string of the molecule is Nc1nccc(N2CCC3(CC2)CC(c2ccccc2)C(=O)N(C2CC2)C3)n1. The zero-order valence-electron chi connectivity index (χ0n) is 16.1. The van der Waals surface area contributed by atoms with Crippen molar-refractivity contribution in [2.45, 2.75) is 44.1 Å². The van der Waals surface area contributed by atoms with Crippen LogP contribution in [0.25, 0.3) is 0 Å². The van der Waals surface area contributed by atoms with Gasteiger partial charge in [-0.25, -0.2) is 4.98 Å². The van der Waals surface area contributed by atoms with Gasteiger partial charge in [0.15, 0.2) is 0 Å². The molecule has 5 rings (SSSR count). The average molecular weight is 377 g/mol. The van der Waals surface area contributed by atoms with Gasteiger partial charge in [0.1, 0.15) is 5.82 Å². The van der Waals surface area contributed by atoms with E-state index in [-0.39, 0.29) is 11.3 Å². The molecule has 2 N–H and O–H groups in total. The van der Waals surface area contributed by atoms with Gasteiger partial charge in [0.2, 0.25) is 11.9 Å². The normalized spacial score (nSPS) is 24.6. The van der Waals surface area contributed by atoms with E-state index in [2.05, 4.69) is 31.9 Å². The Labute approximate surface area is 165 Å². The first-order valence-corrected chi connectivity index (χ1v) is 10.3. The summed E-state index contributed by atoms with van der Waals surface area (Å²) in [4.78, 5) is 26.1. The Bertz CT molecular complexity index is 858. The second-order valence-electron chi connectivity index (χ2n) is 8.62. The molecule has 146 valence electrons. The molecule has 1 unspecified atom stereocenters. The second-order valence-corrected chi connectivity index (χ2v) is 8.62. The summed E-state index contributed by atoms with van der Waals surface area (Å²) >= 11 is 0. The molecule has 2 aliphatic heterocycles. The Hall–Kier alpha value is -2.63. The number of benzene rings is 1. The lowest BCUT2D eigenvalue weighted by Crippen LogP contribution is -2.54. The van der Waals surface area contributed by atoms with Crippen LogP contribution in [0, 0.1) is 5.41 Å². The number of rotatable bonds is 3. The van der Waals surface area contributed by atoms with Crippen molar-refractivity contribution in [1.29, 1.82) is 0 Å². The van der Waals surface area contributed by atoms with Gasteiger partial charge in [0, 0.05) is 31.9 Å². The second kappa shape index (κ2) is 6.76. The van der Waals surface area contributed by atoms with Crippen molar-refractivity contribution in [3.05, 3.63) is 48.2 Å². The van der Waals surface area contributed by atoms with Crippen molar-refractivity contribution >= 4 is 17.7 Å². The van der Waals surface area contributed by atoms with Crippen molar-refractivity contribution in [2.75, 3.05) is 30.3 Å². The molecule has 3 fully saturated rings. The van der Waals surface area contributed by atoms with E-state index < -0.39 is 0 Å². The smallest absolute Gasteiger partial charge is 0.230 e. The first kappa shape index (κ1) is 17.5. The molecule has 28 heavy (non-hydrogen) atoms. The number of likely N-dealkylation sites (tertiary alicyclic amines) is 1. The Balaban J connectivity index is 1.37. The standard InChI is InChI=1S/C22H27N5O/c23-21-24-11-8-19(25-21)26-12-9-22(10-13-26)14-18(16-4-2-1-3-5-16)20(28)27(15-22)17-6-7-17/h1-5,8,11,17-18H,6-7,9-10,12-15H2,(H2,23,24,25). The van der Waals surface area contributed by atoms with Crippen LogP contribution < -0.4 is 10.6 Å². The Morgan fingerprint density at radius 2 is 1.82 bits per heavy atom. The molecule has 3 heterocycles. The summed E-state index contributed by atoms with van der Waals surface area (Å²) in [6.07, 6.45) is 7.17. The Morgan fingerprint density at radius 1 is 1.07 bits per heavy atom. The van der Waals surface area contributed by atoms with Crippen molar-refractivity contribution in [2.24, 2.45) is 5.41 Å². The fourth-order valence-corrected chi connectivity index (χ4v) is 4.98. The lowest BCUT2D eigenvalue weighted by Gasteiger charge is -2.50. The van der Waals surface area contributed by atoms with Gasteiger partial charge >= 0.3 is 0 Å². The topological polar surface area (TPSA) is 75.3 Å². The first-order chi connectivity index (χ1) is 13.6. The van der Waals surface area contributed by atoms with Crippen LogP contribution in [0.15, 0.2) is 42.6 Å². The average Bonchev–Trinajstić information content (AvgIpc) is 3.56. The molecular formula is C22H27N5O. The highest BCUT2D eigenvalue weighted by Crippen LogP contribution is 2.48. The summed E-state index contributed by atoms with van der Waals surface area (Å²) in [5.74, 6) is 1.57. The van der Waals surface area contributed by atoms with Crippen molar-refractivity contribution in [1.82, 2.24) is 14.9 Å². The number of nitrogens with two attached hydrogens (primary N) is 1. The van der Waals surface area contributed by atoms with Gasteiger partial charge in [0.25, 0.3) is 0 Å². The molecule has 1 saturated carbocycles. The molecule has 0 bridgehead atoms. The Kier molecular flexibility index (Phi) is 4.22. The summed E-state index contributed by atoms with van der Waals surface area (Å²) in [6.45, 7) is 2.81. The molecule has 0 radical (unpaired) electrons. The predicted molar refractivity (Wildman–Crippen MR) is 109 cm³/mol. The molecule has 2 saturated heterocycles. The van der Waals surface area contributed by atoms with E-state index in [9.17, 15) is 4.79 Å². The molecular weight excluding hydrogens is 350 g/mol. The third-order valence-corrected chi connectivity index (χ3v) is 6.72. The van der Waals surface area contributed by atoms with E-state index >= 15 is 0 Å². The van der Waals surface area contributed by atoms with Gasteiger partial charge in [-0.15, -0.1) is 0 Å². The number of hydrogen-bond donors (Lipinski definition) is 1. The maximum absolute atomic E-state index is 13.2. The molecule has 1 atom stereocenters. The van der Waals surface area contributed by atoms with Crippen LogP contribution in [0.3, 0.4) is 0 Å². The molecule has 2 aromatic rings. The van der Waals surface area contributed by atoms with E-state index in [0.717, 1.165) is 57.6 Å². The fraction of sp³-hybridized carbons (Fsp3) is 0.500. The maximum atomic E-state index is 13.2. The highest BCUT2D eigenvalue weighted by molar-refractivity contribution is 5.85. The minimum absolute atomic E-state index is 0.00297. The number of anilines is 2. The highest BCUT2D eigenvalue weighted by Gasteiger charge is 2.49. The molecule has 1 amide bonds. The van der Waals surface area contributed by atoms with E-state index in [4.69, 9.17) is 5.73 Å². The van der Waals surface area contributed by atoms with E-state index in [1.165, 1.54) is 5.56 Å². The molecule has 6 heteroatoms. The maximum Gasteiger partial charge on any atom is 0.230 e. The van der Waals surface area contributed by atoms with Gasteiger partial charge < -0.3 is 15.5 Å². The fourth-order valence-electron chi connectivity index (χ4n) is 4.98. The van der Waals surface area contributed by atoms with Gasteiger partial charge in [-0.1, -0.05) is 30.3 Å². The van der Waals surface area contributed by atoms with Crippen LogP contribution in [-0.4, -0.2) is 46.5 Å². The van der Waals surface area contributed by atoms with Crippen molar-refractivity contribution in [3.8, 4) is 0 Å². The molecule has 3 aliphatic rings. The predicted octanol–water partition coefficient (Wildman–Crippen LogP) is 2.82. The van der Waals surface area contributed by atoms with Crippen LogP contribution >= 0.6 is 0 Å². The van der Waals surface area contributed by atoms with Crippen LogP contribution in [0.4, 0.5) is 11.8 Å². The number of hydrogen-bond acceptors (Lipinski definition) is 5. The van der Waals surface area contributed by atoms with Gasteiger partial charge in [0.05, 0.1) is 5.92 Å². The van der Waals surface area contributed by atoms with E-state index in [0.29, 0.717) is 17.9 Å². The van der Waals surface area contributed by atoms with E-state index in [1.807, 2.05) is 24.3 Å². The Morgan fingerprint density at radius 3 is 2.50 bits per heavy atom. The summed E-state index contributed by atoms with van der Waals surface area (Å²) in [7, 11) is 0. The minimum Gasteiger partial charge on any atom is -0.368 e. The number of piperidine rings is 2. The third kappa shape index (κ3) is 3.21. The number of aromatic nitrogens is 2. The lowest BCUT2D eigenvalue weighted by molar-refractivity contribution is -0.141. The first-order valence-electron chi connectivity index (χ1n) is 10.3. The molecule has 1 aliphatic carbocycles. The van der Waals surface area contributed by atoms with Crippen LogP contribution in [0.2, 0.25) is 0 Å². The summed E-state index contributed by atoms with van der Waals surface area (Å²) in [5, 5.41) is 0. The summed E-state index contributed by atoms with van der Waals surface area (Å²) < 4.78 is 0. The van der Waals surface area contributed by atoms with Gasteiger partial charge in [-0.2, -0.15) is 4.98 Å². The molecule has 1 aromatic heterocycles. The number of amides is 1. The van der Waals surface area contributed by atoms with Gasteiger partial charge in [-0.05, 0) is 49.1 Å². The monoisotopic (exact) mass is 377 g/mol. The van der Waals surface area contributed by atoms with Gasteiger partial charge in [-0.3, -0.25) is 4.79 Å². The number of nitrogens with zero attached hydrogens (tertiary/aromatic N) is 4. The molecule has 1 aromatic carbocycles. The largest absolute Gasteiger partial charge is 0.368 e.